The van der Waals surface area contributed by atoms with Gasteiger partial charge in [0.1, 0.15) is 5.82 Å². The predicted octanol–water partition coefficient (Wildman–Crippen LogP) is 0.591. The van der Waals surface area contributed by atoms with Gasteiger partial charge in [0, 0.05) is 18.5 Å². The molecule has 0 radical (unpaired) electrons. The van der Waals surface area contributed by atoms with E-state index in [1.54, 1.807) is 0 Å². The van der Waals surface area contributed by atoms with E-state index >= 15 is 0 Å². The summed E-state index contributed by atoms with van der Waals surface area (Å²) in [5.41, 5.74) is -0.249. The summed E-state index contributed by atoms with van der Waals surface area (Å²) < 4.78 is 26.7. The molecule has 7 heteroatoms. The Bertz CT molecular complexity index is 491. The molecule has 0 aliphatic carbocycles. The van der Waals surface area contributed by atoms with Gasteiger partial charge in [-0.25, -0.2) is 18.1 Å². The largest absolute Gasteiger partial charge is 0.332 e. The Morgan fingerprint density at radius 2 is 2.06 bits per heavy atom. The SMILES string of the molecule is CCc1ncc(S(=O)(=O)NCC(C)(C)N(C)C)[nH]1. The van der Waals surface area contributed by atoms with Gasteiger partial charge in [0.2, 0.25) is 0 Å². The minimum absolute atomic E-state index is 0.119. The van der Waals surface area contributed by atoms with Crippen molar-refractivity contribution in [3.63, 3.8) is 0 Å². The minimum atomic E-state index is -3.51. The van der Waals surface area contributed by atoms with Crippen LogP contribution in [-0.4, -0.2) is 49.5 Å². The molecule has 0 aliphatic heterocycles. The monoisotopic (exact) mass is 274 g/mol. The fourth-order valence-corrected chi connectivity index (χ4v) is 2.31. The van der Waals surface area contributed by atoms with Crippen LogP contribution in [0.3, 0.4) is 0 Å². The van der Waals surface area contributed by atoms with Crippen LogP contribution in [0.5, 0.6) is 0 Å². The number of hydrogen-bond donors (Lipinski definition) is 2. The van der Waals surface area contributed by atoms with Crippen molar-refractivity contribution in [1.29, 1.82) is 0 Å². The maximum atomic E-state index is 12.0. The molecule has 1 aromatic heterocycles. The predicted molar refractivity (Wildman–Crippen MR) is 70.9 cm³/mol. The molecule has 0 atom stereocenters. The number of nitrogens with one attached hydrogen (secondary N) is 2. The Kier molecular flexibility index (Phi) is 4.52. The van der Waals surface area contributed by atoms with Gasteiger partial charge >= 0.3 is 0 Å². The zero-order chi connectivity index (χ0) is 14.0. The molecule has 0 bridgehead atoms. The molecule has 6 nitrogen and oxygen atoms in total. The summed E-state index contributed by atoms with van der Waals surface area (Å²) in [5, 5.41) is 0.119. The van der Waals surface area contributed by atoms with Crippen molar-refractivity contribution in [1.82, 2.24) is 19.6 Å². The van der Waals surface area contributed by atoms with E-state index in [4.69, 9.17) is 0 Å². The van der Waals surface area contributed by atoms with E-state index in [0.29, 0.717) is 18.8 Å². The normalized spacial score (nSPS) is 13.2. The van der Waals surface area contributed by atoms with Gasteiger partial charge in [0.15, 0.2) is 5.03 Å². The maximum Gasteiger partial charge on any atom is 0.257 e. The molecule has 0 aliphatic rings. The number of aromatic amines is 1. The molecule has 0 saturated carbocycles. The molecular weight excluding hydrogens is 252 g/mol. The second-order valence-corrected chi connectivity index (χ2v) is 6.81. The van der Waals surface area contributed by atoms with Crippen LogP contribution >= 0.6 is 0 Å². The van der Waals surface area contributed by atoms with Gasteiger partial charge in [-0.1, -0.05) is 6.92 Å². The van der Waals surface area contributed by atoms with E-state index in [1.807, 2.05) is 39.8 Å². The average Bonchev–Trinajstić information content (AvgIpc) is 2.75. The molecular formula is C11H22N4O2S. The lowest BCUT2D eigenvalue weighted by Gasteiger charge is -2.32. The fraction of sp³-hybridized carbons (Fsp3) is 0.727. The summed E-state index contributed by atoms with van der Waals surface area (Å²) in [4.78, 5) is 8.76. The Labute approximate surface area is 109 Å². The molecule has 1 aromatic rings. The lowest BCUT2D eigenvalue weighted by atomic mass is 10.1. The zero-order valence-corrected chi connectivity index (χ0v) is 12.4. The lowest BCUT2D eigenvalue weighted by Crippen LogP contribution is -2.48. The molecule has 18 heavy (non-hydrogen) atoms. The van der Waals surface area contributed by atoms with Crippen molar-refractivity contribution >= 4 is 10.0 Å². The molecule has 0 amide bonds. The molecule has 0 saturated heterocycles. The summed E-state index contributed by atoms with van der Waals surface area (Å²) in [5.74, 6) is 0.669. The first-order valence-corrected chi connectivity index (χ1v) is 7.38. The smallest absolute Gasteiger partial charge is 0.257 e. The first-order valence-electron chi connectivity index (χ1n) is 5.90. The number of likely N-dealkylation sites (N-methyl/N-ethyl adjacent to an activating group) is 1. The van der Waals surface area contributed by atoms with Gasteiger partial charge in [-0.15, -0.1) is 0 Å². The van der Waals surface area contributed by atoms with Crippen molar-refractivity contribution in [2.45, 2.75) is 37.8 Å². The second kappa shape index (κ2) is 5.38. The van der Waals surface area contributed by atoms with Crippen molar-refractivity contribution in [2.24, 2.45) is 0 Å². The van der Waals surface area contributed by atoms with Crippen LogP contribution in [-0.2, 0) is 16.4 Å². The van der Waals surface area contributed by atoms with Crippen LogP contribution in [0.15, 0.2) is 11.2 Å². The molecule has 2 N–H and O–H groups in total. The highest BCUT2D eigenvalue weighted by atomic mass is 32.2. The molecule has 1 rings (SSSR count). The van der Waals surface area contributed by atoms with Crippen LogP contribution in [0.25, 0.3) is 0 Å². The molecule has 104 valence electrons. The van der Waals surface area contributed by atoms with Gasteiger partial charge < -0.3 is 9.88 Å². The van der Waals surface area contributed by atoms with Crippen molar-refractivity contribution < 1.29 is 8.42 Å². The number of hydrogen-bond acceptors (Lipinski definition) is 4. The number of rotatable bonds is 6. The lowest BCUT2D eigenvalue weighted by molar-refractivity contribution is 0.199. The summed E-state index contributed by atoms with van der Waals surface area (Å²) in [6.07, 6.45) is 2.03. The first kappa shape index (κ1) is 15.1. The quantitative estimate of drug-likeness (QED) is 0.796. The van der Waals surface area contributed by atoms with Crippen LogP contribution < -0.4 is 4.72 Å². The Morgan fingerprint density at radius 1 is 1.44 bits per heavy atom. The molecule has 0 fully saturated rings. The van der Waals surface area contributed by atoms with Crippen molar-refractivity contribution in [3.8, 4) is 0 Å². The second-order valence-electron chi connectivity index (χ2n) is 5.08. The van der Waals surface area contributed by atoms with Crippen LogP contribution in [0.4, 0.5) is 0 Å². The van der Waals surface area contributed by atoms with Crippen LogP contribution in [0.2, 0.25) is 0 Å². The molecule has 0 aromatic carbocycles. The van der Waals surface area contributed by atoms with Crippen LogP contribution in [0.1, 0.15) is 26.6 Å². The van der Waals surface area contributed by atoms with Gasteiger partial charge in [-0.05, 0) is 27.9 Å². The van der Waals surface area contributed by atoms with E-state index in [-0.39, 0.29) is 10.6 Å². The van der Waals surface area contributed by atoms with E-state index in [1.165, 1.54) is 6.20 Å². The Balaban J connectivity index is 2.77. The van der Waals surface area contributed by atoms with Gasteiger partial charge in [0.05, 0.1) is 6.20 Å². The maximum absolute atomic E-state index is 12.0. The number of nitrogens with zero attached hydrogens (tertiary/aromatic N) is 2. The van der Waals surface area contributed by atoms with Gasteiger partial charge in [0.25, 0.3) is 10.0 Å². The van der Waals surface area contributed by atoms with Crippen LogP contribution in [0, 0.1) is 0 Å². The molecule has 0 unspecified atom stereocenters. The van der Waals surface area contributed by atoms with Crippen molar-refractivity contribution in [3.05, 3.63) is 12.0 Å². The Morgan fingerprint density at radius 3 is 2.50 bits per heavy atom. The third kappa shape index (κ3) is 3.54. The highest BCUT2D eigenvalue weighted by Crippen LogP contribution is 2.11. The molecule has 0 spiro atoms. The standard InChI is InChI=1S/C11H22N4O2S/c1-6-9-12-7-10(14-9)18(16,17)13-8-11(2,3)15(4)5/h7,13H,6,8H2,1-5H3,(H,12,14). The third-order valence-electron chi connectivity index (χ3n) is 3.13. The van der Waals surface area contributed by atoms with Crippen molar-refractivity contribution in [2.75, 3.05) is 20.6 Å². The Hall–Kier alpha value is -0.920. The average molecular weight is 274 g/mol. The minimum Gasteiger partial charge on any atom is -0.332 e. The number of sulfonamides is 1. The summed E-state index contributed by atoms with van der Waals surface area (Å²) >= 11 is 0. The zero-order valence-electron chi connectivity index (χ0n) is 11.6. The van der Waals surface area contributed by atoms with E-state index in [9.17, 15) is 8.42 Å². The summed E-state index contributed by atoms with van der Waals surface area (Å²) in [6.45, 7) is 6.19. The van der Waals surface area contributed by atoms with E-state index in [0.717, 1.165) is 0 Å². The van der Waals surface area contributed by atoms with Gasteiger partial charge in [-0.3, -0.25) is 0 Å². The highest BCUT2D eigenvalue weighted by Gasteiger charge is 2.25. The summed E-state index contributed by atoms with van der Waals surface area (Å²) in [6, 6.07) is 0. The summed E-state index contributed by atoms with van der Waals surface area (Å²) in [7, 11) is 0.322. The first-order chi connectivity index (χ1) is 8.19. The third-order valence-corrected chi connectivity index (χ3v) is 4.45. The number of aromatic nitrogens is 2. The van der Waals surface area contributed by atoms with E-state index < -0.39 is 10.0 Å². The molecule has 1 heterocycles. The number of imidazole rings is 1. The fourth-order valence-electron chi connectivity index (χ4n) is 1.17. The number of aryl methyl sites for hydroxylation is 1. The topological polar surface area (TPSA) is 78.1 Å². The van der Waals surface area contributed by atoms with E-state index in [2.05, 4.69) is 14.7 Å². The highest BCUT2D eigenvalue weighted by molar-refractivity contribution is 7.89. The number of H-pyrrole nitrogens is 1. The van der Waals surface area contributed by atoms with Gasteiger partial charge in [-0.2, -0.15) is 0 Å².